The van der Waals surface area contributed by atoms with Gasteiger partial charge in [0.05, 0.1) is 17.5 Å². The molecule has 0 bridgehead atoms. The molecular formula is C16H21BrN2O3. The zero-order valence-electron chi connectivity index (χ0n) is 12.7. The first-order valence-corrected chi connectivity index (χ1v) is 8.22. The number of piperidine rings is 1. The molecule has 0 atom stereocenters. The van der Waals surface area contributed by atoms with E-state index >= 15 is 0 Å². The van der Waals surface area contributed by atoms with Gasteiger partial charge in [0.2, 0.25) is 11.8 Å². The second kappa shape index (κ2) is 7.63. The van der Waals surface area contributed by atoms with Crippen molar-refractivity contribution in [3.05, 3.63) is 28.2 Å². The third-order valence-corrected chi connectivity index (χ3v) is 4.53. The van der Waals surface area contributed by atoms with Crippen LogP contribution in [-0.2, 0) is 9.59 Å². The maximum atomic E-state index is 12.1. The number of carbonyl (C=O) groups excluding carboxylic acids is 2. The van der Waals surface area contributed by atoms with E-state index in [1.165, 1.54) is 0 Å². The number of likely N-dealkylation sites (tertiary alicyclic amines) is 1. The second-order valence-electron chi connectivity index (χ2n) is 5.59. The van der Waals surface area contributed by atoms with Gasteiger partial charge in [-0.1, -0.05) is 6.07 Å². The second-order valence-corrected chi connectivity index (χ2v) is 6.44. The highest BCUT2D eigenvalue weighted by atomic mass is 79.9. The van der Waals surface area contributed by atoms with Crippen LogP contribution in [0.1, 0.15) is 24.8 Å². The molecule has 22 heavy (non-hydrogen) atoms. The van der Waals surface area contributed by atoms with Gasteiger partial charge < -0.3 is 15.4 Å². The summed E-state index contributed by atoms with van der Waals surface area (Å²) in [5.74, 6) is 0.445. The van der Waals surface area contributed by atoms with Crippen LogP contribution in [0.3, 0.4) is 0 Å². The van der Waals surface area contributed by atoms with Gasteiger partial charge >= 0.3 is 0 Å². The molecule has 0 saturated carbocycles. The molecule has 6 heteroatoms. The first-order valence-electron chi connectivity index (χ1n) is 7.43. The molecule has 0 unspecified atom stereocenters. The van der Waals surface area contributed by atoms with Crippen LogP contribution in [0.4, 0.5) is 0 Å². The van der Waals surface area contributed by atoms with Gasteiger partial charge in [-0.3, -0.25) is 9.59 Å². The van der Waals surface area contributed by atoms with Crippen LogP contribution in [-0.4, -0.2) is 36.4 Å². The van der Waals surface area contributed by atoms with E-state index in [1.807, 2.05) is 25.1 Å². The Kier molecular flexibility index (Phi) is 5.83. The lowest BCUT2D eigenvalue weighted by Gasteiger charge is -2.30. The van der Waals surface area contributed by atoms with E-state index in [9.17, 15) is 9.59 Å². The van der Waals surface area contributed by atoms with E-state index in [4.69, 9.17) is 10.5 Å². The van der Waals surface area contributed by atoms with Crippen LogP contribution >= 0.6 is 15.9 Å². The maximum absolute atomic E-state index is 12.1. The number of aryl methyl sites for hydroxylation is 1. The molecule has 1 saturated heterocycles. The molecule has 1 aromatic carbocycles. The third kappa shape index (κ3) is 4.47. The third-order valence-electron chi connectivity index (χ3n) is 3.91. The van der Waals surface area contributed by atoms with E-state index in [-0.39, 0.29) is 17.7 Å². The van der Waals surface area contributed by atoms with Crippen molar-refractivity contribution < 1.29 is 14.3 Å². The molecule has 0 radical (unpaired) electrons. The lowest BCUT2D eigenvalue weighted by molar-refractivity contribution is -0.135. The Labute approximate surface area is 138 Å². The number of amides is 2. The molecule has 2 rings (SSSR count). The van der Waals surface area contributed by atoms with Crippen LogP contribution < -0.4 is 10.5 Å². The van der Waals surface area contributed by atoms with Crippen LogP contribution in [0.5, 0.6) is 5.75 Å². The Bertz CT molecular complexity index is 554. The SMILES string of the molecule is Cc1ccc(OCCC(=O)N2CCC(C(N)=O)CC2)c(Br)c1. The molecule has 1 aromatic rings. The fourth-order valence-corrected chi connectivity index (χ4v) is 3.15. The van der Waals surface area contributed by atoms with Crippen molar-refractivity contribution in [2.24, 2.45) is 11.7 Å². The van der Waals surface area contributed by atoms with E-state index in [0.29, 0.717) is 39.0 Å². The van der Waals surface area contributed by atoms with Crippen molar-refractivity contribution in [3.8, 4) is 5.75 Å². The number of halogens is 1. The normalized spacial score (nSPS) is 15.6. The zero-order chi connectivity index (χ0) is 16.1. The summed E-state index contributed by atoms with van der Waals surface area (Å²) in [4.78, 5) is 25.0. The molecule has 2 N–H and O–H groups in total. The highest BCUT2D eigenvalue weighted by Crippen LogP contribution is 2.26. The van der Waals surface area contributed by atoms with Crippen molar-refractivity contribution in [2.45, 2.75) is 26.2 Å². The number of hydrogen-bond donors (Lipinski definition) is 1. The van der Waals surface area contributed by atoms with Crippen LogP contribution in [0.15, 0.2) is 22.7 Å². The van der Waals surface area contributed by atoms with Gasteiger partial charge in [-0.25, -0.2) is 0 Å². The molecule has 120 valence electrons. The fourth-order valence-electron chi connectivity index (χ4n) is 2.54. The van der Waals surface area contributed by atoms with Gasteiger partial charge in [0.15, 0.2) is 0 Å². The van der Waals surface area contributed by atoms with Gasteiger partial charge in [-0.2, -0.15) is 0 Å². The first kappa shape index (κ1) is 16.8. The van der Waals surface area contributed by atoms with Crippen LogP contribution in [0.2, 0.25) is 0 Å². The van der Waals surface area contributed by atoms with Crippen molar-refractivity contribution in [1.29, 1.82) is 0 Å². The molecule has 1 aliphatic rings. The largest absolute Gasteiger partial charge is 0.492 e. The minimum atomic E-state index is -0.264. The molecule has 2 amide bonds. The van der Waals surface area contributed by atoms with Crippen LogP contribution in [0, 0.1) is 12.8 Å². The van der Waals surface area contributed by atoms with Crippen molar-refractivity contribution in [1.82, 2.24) is 4.90 Å². The minimum Gasteiger partial charge on any atom is -0.492 e. The van der Waals surface area contributed by atoms with E-state index in [2.05, 4.69) is 15.9 Å². The molecule has 1 fully saturated rings. The Morgan fingerprint density at radius 1 is 1.36 bits per heavy atom. The molecule has 0 aromatic heterocycles. The molecule has 5 nitrogen and oxygen atoms in total. The van der Waals surface area contributed by atoms with Gasteiger partial charge in [0.1, 0.15) is 5.75 Å². The number of nitrogens with two attached hydrogens (primary N) is 1. The highest BCUT2D eigenvalue weighted by molar-refractivity contribution is 9.10. The number of ether oxygens (including phenoxy) is 1. The maximum Gasteiger partial charge on any atom is 0.225 e. The number of primary amides is 1. The number of benzene rings is 1. The predicted molar refractivity (Wildman–Crippen MR) is 87.5 cm³/mol. The molecule has 0 spiro atoms. The fraction of sp³-hybridized carbons (Fsp3) is 0.500. The average molecular weight is 369 g/mol. The first-order chi connectivity index (χ1) is 10.5. The molecule has 1 aliphatic heterocycles. The van der Waals surface area contributed by atoms with Crippen molar-refractivity contribution in [2.75, 3.05) is 19.7 Å². The summed E-state index contributed by atoms with van der Waals surface area (Å²) in [6.07, 6.45) is 1.65. The quantitative estimate of drug-likeness (QED) is 0.865. The average Bonchev–Trinajstić information content (AvgIpc) is 2.49. The van der Waals surface area contributed by atoms with Crippen LogP contribution in [0.25, 0.3) is 0 Å². The number of nitrogens with zero attached hydrogens (tertiary/aromatic N) is 1. The van der Waals surface area contributed by atoms with E-state index in [1.54, 1.807) is 4.90 Å². The number of hydrogen-bond acceptors (Lipinski definition) is 3. The van der Waals surface area contributed by atoms with Crippen molar-refractivity contribution >= 4 is 27.7 Å². The summed E-state index contributed by atoms with van der Waals surface area (Å²) in [6.45, 7) is 3.55. The monoisotopic (exact) mass is 368 g/mol. The van der Waals surface area contributed by atoms with E-state index < -0.39 is 0 Å². The van der Waals surface area contributed by atoms with Crippen molar-refractivity contribution in [3.63, 3.8) is 0 Å². The van der Waals surface area contributed by atoms with E-state index in [0.717, 1.165) is 15.8 Å². The Hall–Kier alpha value is -1.56. The molecule has 0 aliphatic carbocycles. The lowest BCUT2D eigenvalue weighted by atomic mass is 9.96. The Balaban J connectivity index is 1.75. The Morgan fingerprint density at radius 2 is 2.05 bits per heavy atom. The molecule has 1 heterocycles. The standard InChI is InChI=1S/C16H21BrN2O3/c1-11-2-3-14(13(17)10-11)22-9-6-15(20)19-7-4-12(5-8-19)16(18)21/h2-3,10,12H,4-9H2,1H3,(H2,18,21). The van der Waals surface area contributed by atoms with Gasteiger partial charge in [-0.05, 0) is 53.4 Å². The summed E-state index contributed by atoms with van der Waals surface area (Å²) < 4.78 is 6.54. The summed E-state index contributed by atoms with van der Waals surface area (Å²) >= 11 is 3.45. The van der Waals surface area contributed by atoms with Gasteiger partial charge in [0, 0.05) is 19.0 Å². The topological polar surface area (TPSA) is 72.6 Å². The van der Waals surface area contributed by atoms with Gasteiger partial charge in [-0.15, -0.1) is 0 Å². The zero-order valence-corrected chi connectivity index (χ0v) is 14.3. The van der Waals surface area contributed by atoms with Gasteiger partial charge in [0.25, 0.3) is 0 Å². The highest BCUT2D eigenvalue weighted by Gasteiger charge is 2.25. The molecular weight excluding hydrogens is 348 g/mol. The number of carbonyl (C=O) groups is 2. The summed E-state index contributed by atoms with van der Waals surface area (Å²) in [6, 6.07) is 5.84. The summed E-state index contributed by atoms with van der Waals surface area (Å²) in [7, 11) is 0. The Morgan fingerprint density at radius 3 is 2.64 bits per heavy atom. The summed E-state index contributed by atoms with van der Waals surface area (Å²) in [5, 5.41) is 0. The number of rotatable bonds is 5. The smallest absolute Gasteiger partial charge is 0.225 e. The lowest BCUT2D eigenvalue weighted by Crippen LogP contribution is -2.42. The minimum absolute atomic E-state index is 0.0613. The predicted octanol–water partition coefficient (Wildman–Crippen LogP) is 2.25. The summed E-state index contributed by atoms with van der Waals surface area (Å²) in [5.41, 5.74) is 6.44.